The van der Waals surface area contributed by atoms with Crippen LogP contribution in [0.2, 0.25) is 0 Å². The van der Waals surface area contributed by atoms with E-state index in [0.717, 1.165) is 28.2 Å². The largest absolute Gasteiger partial charge is 0.536 e. The Kier molecular flexibility index (Phi) is 6.57. The molecule has 0 spiro atoms. The topological polar surface area (TPSA) is 76.0 Å². The first-order valence-corrected chi connectivity index (χ1v) is 6.74. The summed E-state index contributed by atoms with van der Waals surface area (Å²) in [5, 5.41) is 16.4. The van der Waals surface area contributed by atoms with E-state index in [4.69, 9.17) is 18.7 Å². The average Bonchev–Trinajstić information content (AvgIpc) is 2.37. The summed E-state index contributed by atoms with van der Waals surface area (Å²) in [6.07, 6.45) is 0.721. The van der Waals surface area contributed by atoms with E-state index in [0.29, 0.717) is 0 Å². The maximum absolute atomic E-state index is 9.63. The number of carboxylic acid groups (broad SMARTS) is 1. The lowest BCUT2D eigenvalue weighted by Crippen LogP contribution is -2.39. The normalized spacial score (nSPS) is 16.8. The van der Waals surface area contributed by atoms with Crippen LogP contribution in [0.4, 0.5) is 0 Å². The van der Waals surface area contributed by atoms with Crippen LogP contribution in [0.15, 0.2) is 17.0 Å². The molecule has 0 aromatic heterocycles. The Morgan fingerprint density at radius 3 is 2.84 bits per heavy atom. The van der Waals surface area contributed by atoms with Crippen molar-refractivity contribution in [2.45, 2.75) is 23.4 Å². The van der Waals surface area contributed by atoms with Gasteiger partial charge in [-0.25, -0.2) is 0 Å². The summed E-state index contributed by atoms with van der Waals surface area (Å²) in [6.45, 7) is 1.71. The highest BCUT2D eigenvalue weighted by atomic mass is 32.2. The summed E-state index contributed by atoms with van der Waals surface area (Å²) in [4.78, 5) is 9.37. The van der Waals surface area contributed by atoms with Crippen LogP contribution < -0.4 is 4.65 Å². The first-order chi connectivity index (χ1) is 9.04. The lowest BCUT2D eigenvalue weighted by Gasteiger charge is -2.26. The van der Waals surface area contributed by atoms with Crippen molar-refractivity contribution in [3.8, 4) is 5.75 Å². The van der Waals surface area contributed by atoms with Gasteiger partial charge in [0.2, 0.25) is 0 Å². The molecule has 1 atom stereocenters. The van der Waals surface area contributed by atoms with Crippen molar-refractivity contribution in [2.24, 2.45) is 0 Å². The Labute approximate surface area is 122 Å². The zero-order valence-corrected chi connectivity index (χ0v) is 12.3. The van der Waals surface area contributed by atoms with E-state index < -0.39 is 7.12 Å². The minimum Gasteiger partial charge on any atom is -0.535 e. The molecule has 19 heavy (non-hydrogen) atoms. The first-order valence-electron chi connectivity index (χ1n) is 5.48. The maximum atomic E-state index is 9.63. The van der Waals surface area contributed by atoms with Gasteiger partial charge in [-0.05, 0) is 25.0 Å². The van der Waals surface area contributed by atoms with E-state index in [1.54, 1.807) is 7.11 Å². The number of hydrogen-bond donors (Lipinski definition) is 3. The second kappa shape index (κ2) is 7.69. The SMILES string of the molecule is COSc1ccc2c(c1C)OB(O)C(S)C2.O=CO. The van der Waals surface area contributed by atoms with Gasteiger partial charge in [-0.15, -0.1) is 0 Å². The second-order valence-electron chi connectivity index (χ2n) is 3.81. The number of carbonyl (C=O) groups is 1. The highest BCUT2D eigenvalue weighted by Crippen LogP contribution is 2.36. The molecular weight excluding hydrogens is 287 g/mol. The zero-order chi connectivity index (χ0) is 14.4. The van der Waals surface area contributed by atoms with Gasteiger partial charge in [0.25, 0.3) is 6.47 Å². The van der Waals surface area contributed by atoms with E-state index in [9.17, 15) is 5.02 Å². The van der Waals surface area contributed by atoms with Crippen LogP contribution in [0.25, 0.3) is 0 Å². The van der Waals surface area contributed by atoms with E-state index in [-0.39, 0.29) is 11.6 Å². The van der Waals surface area contributed by atoms with E-state index >= 15 is 0 Å². The summed E-state index contributed by atoms with van der Waals surface area (Å²) in [5.41, 5.74) is 2.09. The maximum Gasteiger partial charge on any atom is 0.536 e. The molecule has 1 aliphatic rings. The van der Waals surface area contributed by atoms with Crippen molar-refractivity contribution < 1.29 is 23.8 Å². The lowest BCUT2D eigenvalue weighted by molar-refractivity contribution is -0.122. The van der Waals surface area contributed by atoms with Gasteiger partial charge in [0.1, 0.15) is 5.75 Å². The number of thiol groups is 1. The smallest absolute Gasteiger partial charge is 0.535 e. The monoisotopic (exact) mass is 302 g/mol. The van der Waals surface area contributed by atoms with Gasteiger partial charge in [0, 0.05) is 22.5 Å². The molecular formula is C11H15BO5S2. The molecule has 5 nitrogen and oxygen atoms in total. The molecule has 0 saturated carbocycles. The molecule has 0 aliphatic carbocycles. The lowest BCUT2D eigenvalue weighted by atomic mass is 9.77. The molecule has 0 saturated heterocycles. The van der Waals surface area contributed by atoms with Crippen molar-refractivity contribution in [1.29, 1.82) is 0 Å². The molecule has 0 bridgehead atoms. The Bertz CT molecular complexity index is 443. The van der Waals surface area contributed by atoms with Crippen LogP contribution in [0.1, 0.15) is 11.1 Å². The van der Waals surface area contributed by atoms with E-state index in [2.05, 4.69) is 12.6 Å². The minimum atomic E-state index is -0.836. The zero-order valence-electron chi connectivity index (χ0n) is 10.6. The predicted molar refractivity (Wildman–Crippen MR) is 77.8 cm³/mol. The summed E-state index contributed by atoms with van der Waals surface area (Å²) in [6, 6.07) is 4.00. The van der Waals surface area contributed by atoms with Gasteiger partial charge in [-0.2, -0.15) is 12.6 Å². The van der Waals surface area contributed by atoms with Crippen molar-refractivity contribution in [1.82, 2.24) is 0 Å². The third-order valence-electron chi connectivity index (χ3n) is 2.61. The highest BCUT2D eigenvalue weighted by Gasteiger charge is 2.33. The molecule has 1 aromatic rings. The number of benzene rings is 1. The summed E-state index contributed by atoms with van der Waals surface area (Å²) >= 11 is 5.57. The van der Waals surface area contributed by atoms with Crippen LogP contribution in [-0.4, -0.2) is 36.0 Å². The van der Waals surface area contributed by atoms with Gasteiger partial charge in [0.05, 0.1) is 12.3 Å². The van der Waals surface area contributed by atoms with Crippen LogP contribution in [0, 0.1) is 6.92 Å². The van der Waals surface area contributed by atoms with Crippen molar-refractivity contribution in [3.05, 3.63) is 23.3 Å². The van der Waals surface area contributed by atoms with Crippen LogP contribution in [0.5, 0.6) is 5.75 Å². The average molecular weight is 302 g/mol. The molecule has 0 amide bonds. The third kappa shape index (κ3) is 4.07. The molecule has 1 heterocycles. The Balaban J connectivity index is 0.000000550. The molecule has 0 radical (unpaired) electrons. The van der Waals surface area contributed by atoms with Crippen LogP contribution in [0.3, 0.4) is 0 Å². The number of rotatable bonds is 2. The third-order valence-corrected chi connectivity index (χ3v) is 3.83. The van der Waals surface area contributed by atoms with Crippen molar-refractivity contribution in [2.75, 3.05) is 7.11 Å². The molecule has 104 valence electrons. The quantitative estimate of drug-likeness (QED) is 0.333. The van der Waals surface area contributed by atoms with Crippen molar-refractivity contribution in [3.63, 3.8) is 0 Å². The Hall–Kier alpha value is -0.825. The van der Waals surface area contributed by atoms with Gasteiger partial charge >= 0.3 is 7.12 Å². The Morgan fingerprint density at radius 1 is 1.63 bits per heavy atom. The van der Waals surface area contributed by atoms with Gasteiger partial charge in [-0.1, -0.05) is 6.07 Å². The standard InChI is InChI=1S/C10H13BO3S2.CH2O2/c1-6-8(16-13-2)4-3-7-5-9(15)11(12)14-10(6)7;2-1-3/h3-4,9,12,15H,5H2,1-2H3;1H,(H,2,3). The first kappa shape index (κ1) is 16.2. The van der Waals surface area contributed by atoms with Crippen LogP contribution >= 0.6 is 24.7 Å². The Morgan fingerprint density at radius 2 is 2.26 bits per heavy atom. The molecule has 1 unspecified atom stereocenters. The predicted octanol–water partition coefficient (Wildman–Crippen LogP) is 1.60. The van der Waals surface area contributed by atoms with Gasteiger partial charge < -0.3 is 19.0 Å². The summed E-state index contributed by atoms with van der Waals surface area (Å²) in [5.74, 6) is 0.764. The number of hydrogen-bond acceptors (Lipinski definition) is 6. The molecule has 1 aliphatic heterocycles. The second-order valence-corrected chi connectivity index (χ2v) is 5.42. The molecule has 2 rings (SSSR count). The minimum absolute atomic E-state index is 0.159. The van der Waals surface area contributed by atoms with Crippen LogP contribution in [-0.2, 0) is 15.4 Å². The van der Waals surface area contributed by atoms with E-state index in [1.165, 1.54) is 12.0 Å². The molecule has 1 aromatic carbocycles. The molecule has 0 fully saturated rings. The van der Waals surface area contributed by atoms with Gasteiger partial charge in [-0.3, -0.25) is 4.79 Å². The highest BCUT2D eigenvalue weighted by molar-refractivity contribution is 7.94. The summed E-state index contributed by atoms with van der Waals surface area (Å²) < 4.78 is 10.5. The summed E-state index contributed by atoms with van der Waals surface area (Å²) in [7, 11) is 0.792. The fourth-order valence-corrected chi connectivity index (χ4v) is 2.54. The fourth-order valence-electron chi connectivity index (χ4n) is 1.76. The molecule has 2 N–H and O–H groups in total. The number of fused-ring (bicyclic) bond motifs is 1. The van der Waals surface area contributed by atoms with Crippen molar-refractivity contribution >= 4 is 38.3 Å². The molecule has 8 heteroatoms. The van der Waals surface area contributed by atoms with Gasteiger partial charge in [0.15, 0.2) is 0 Å². The van der Waals surface area contributed by atoms with E-state index in [1.807, 2.05) is 19.1 Å². The fraction of sp³-hybridized carbons (Fsp3) is 0.364.